The van der Waals surface area contributed by atoms with E-state index >= 15 is 0 Å². The number of thiophene rings is 1. The normalized spacial score (nSPS) is 12.9. The molecule has 0 radical (unpaired) electrons. The number of aryl methyl sites for hydroxylation is 1. The number of amides is 1. The fraction of sp³-hybridized carbons (Fsp3) is 0.440. The van der Waals surface area contributed by atoms with Crippen LogP contribution in [0.5, 0.6) is 11.5 Å². The molecule has 0 atom stereocenters. The lowest BCUT2D eigenvalue weighted by Crippen LogP contribution is -2.08. The van der Waals surface area contributed by atoms with Gasteiger partial charge in [-0.05, 0) is 61.4 Å². The van der Waals surface area contributed by atoms with Crippen LogP contribution in [0.15, 0.2) is 24.3 Å². The van der Waals surface area contributed by atoms with Gasteiger partial charge in [0.15, 0.2) is 11.5 Å². The Morgan fingerprint density at radius 3 is 2.84 bits per heavy atom. The van der Waals surface area contributed by atoms with Gasteiger partial charge in [-0.3, -0.25) is 4.79 Å². The average Bonchev–Trinajstić information content (AvgIpc) is 3.14. The quantitative estimate of drug-likeness (QED) is 0.358. The smallest absolute Gasteiger partial charge is 0.249 e. The molecule has 1 heterocycles. The number of nitrogens with one attached hydrogen (secondary N) is 1. The maximum atomic E-state index is 12.5. The molecule has 3 rings (SSSR count). The standard InChI is InChI=1S/C25H30N2O3S/c1-3-4-5-8-15-30-21-13-11-18(16-22(21)29-2)12-14-24(28)27-25-20(17-26)19-9-6-7-10-23(19)31-25/h11-14,16H,3-10,15H2,1-2H3,(H,27,28). The Morgan fingerprint density at radius 1 is 1.23 bits per heavy atom. The SMILES string of the molecule is CCCCCCOc1ccc(C=CC(=O)Nc2sc3c(c2C#N)CCCC3)cc1OC. The first-order valence-corrected chi connectivity index (χ1v) is 11.8. The van der Waals surface area contributed by atoms with Gasteiger partial charge in [-0.1, -0.05) is 32.3 Å². The Kier molecular flexibility index (Phi) is 8.54. The second-order valence-electron chi connectivity index (χ2n) is 7.67. The summed E-state index contributed by atoms with van der Waals surface area (Å²) in [4.78, 5) is 13.7. The monoisotopic (exact) mass is 438 g/mol. The molecule has 0 saturated heterocycles. The van der Waals surface area contributed by atoms with E-state index in [-0.39, 0.29) is 5.91 Å². The highest BCUT2D eigenvalue weighted by molar-refractivity contribution is 7.16. The van der Waals surface area contributed by atoms with Crippen LogP contribution in [0.4, 0.5) is 5.00 Å². The van der Waals surface area contributed by atoms with E-state index < -0.39 is 0 Å². The van der Waals surface area contributed by atoms with E-state index in [9.17, 15) is 10.1 Å². The number of benzene rings is 1. The molecule has 5 nitrogen and oxygen atoms in total. The van der Waals surface area contributed by atoms with E-state index in [1.54, 1.807) is 13.2 Å². The van der Waals surface area contributed by atoms with Gasteiger partial charge < -0.3 is 14.8 Å². The van der Waals surface area contributed by atoms with Crippen LogP contribution >= 0.6 is 11.3 Å². The van der Waals surface area contributed by atoms with Crippen LogP contribution in [0, 0.1) is 11.3 Å². The van der Waals surface area contributed by atoms with Crippen LogP contribution in [-0.2, 0) is 17.6 Å². The molecule has 31 heavy (non-hydrogen) atoms. The third-order valence-corrected chi connectivity index (χ3v) is 6.60. The number of methoxy groups -OCH3 is 1. The van der Waals surface area contributed by atoms with E-state index in [0.717, 1.165) is 49.7 Å². The molecule has 1 aliphatic rings. The van der Waals surface area contributed by atoms with Gasteiger partial charge in [0.2, 0.25) is 5.91 Å². The lowest BCUT2D eigenvalue weighted by Gasteiger charge is -2.11. The molecule has 0 unspecified atom stereocenters. The fourth-order valence-electron chi connectivity index (χ4n) is 3.72. The fourth-order valence-corrected chi connectivity index (χ4v) is 4.96. The summed E-state index contributed by atoms with van der Waals surface area (Å²) in [7, 11) is 1.61. The molecule has 1 aliphatic carbocycles. The minimum atomic E-state index is -0.245. The van der Waals surface area contributed by atoms with Gasteiger partial charge >= 0.3 is 0 Å². The summed E-state index contributed by atoms with van der Waals surface area (Å²) in [6.07, 6.45) is 12.0. The van der Waals surface area contributed by atoms with E-state index in [1.165, 1.54) is 35.1 Å². The Bertz CT molecular complexity index is 972. The highest BCUT2D eigenvalue weighted by Crippen LogP contribution is 2.37. The number of rotatable bonds is 10. The molecule has 0 spiro atoms. The van der Waals surface area contributed by atoms with Crippen molar-refractivity contribution in [3.63, 3.8) is 0 Å². The van der Waals surface area contributed by atoms with Gasteiger partial charge in [0.05, 0.1) is 19.3 Å². The van der Waals surface area contributed by atoms with Crippen molar-refractivity contribution in [1.29, 1.82) is 5.26 Å². The van der Waals surface area contributed by atoms with Crippen molar-refractivity contribution in [3.8, 4) is 17.6 Å². The Balaban J connectivity index is 1.62. The second kappa shape index (κ2) is 11.6. The Morgan fingerprint density at radius 2 is 2.06 bits per heavy atom. The summed E-state index contributed by atoms with van der Waals surface area (Å²) in [6, 6.07) is 7.90. The van der Waals surface area contributed by atoms with Crippen LogP contribution in [0.1, 0.15) is 67.0 Å². The predicted octanol–water partition coefficient (Wildman–Crippen LogP) is 6.12. The van der Waals surface area contributed by atoms with Crippen molar-refractivity contribution in [2.45, 2.75) is 58.3 Å². The van der Waals surface area contributed by atoms with E-state index in [4.69, 9.17) is 9.47 Å². The van der Waals surface area contributed by atoms with Crippen LogP contribution < -0.4 is 14.8 Å². The van der Waals surface area contributed by atoms with E-state index in [1.807, 2.05) is 18.2 Å². The first-order valence-electron chi connectivity index (χ1n) is 11.0. The average molecular weight is 439 g/mol. The zero-order chi connectivity index (χ0) is 22.1. The largest absolute Gasteiger partial charge is 0.493 e. The van der Waals surface area contributed by atoms with Crippen molar-refractivity contribution in [2.75, 3.05) is 19.0 Å². The third kappa shape index (κ3) is 6.11. The zero-order valence-electron chi connectivity index (χ0n) is 18.3. The van der Waals surface area contributed by atoms with Crippen LogP contribution in [-0.4, -0.2) is 19.6 Å². The van der Waals surface area contributed by atoms with Crippen molar-refractivity contribution in [1.82, 2.24) is 0 Å². The number of anilines is 1. The molecule has 6 heteroatoms. The molecule has 0 fully saturated rings. The summed E-state index contributed by atoms with van der Waals surface area (Å²) in [5, 5.41) is 13.1. The summed E-state index contributed by atoms with van der Waals surface area (Å²) in [5.41, 5.74) is 2.59. The van der Waals surface area contributed by atoms with Crippen molar-refractivity contribution < 1.29 is 14.3 Å². The number of hydrogen-bond acceptors (Lipinski definition) is 5. The zero-order valence-corrected chi connectivity index (χ0v) is 19.1. The molecule has 0 aliphatic heterocycles. The molecular formula is C25H30N2O3S. The van der Waals surface area contributed by atoms with E-state index in [0.29, 0.717) is 28.7 Å². The van der Waals surface area contributed by atoms with Crippen molar-refractivity contribution in [3.05, 3.63) is 45.8 Å². The number of fused-ring (bicyclic) bond motifs is 1. The maximum absolute atomic E-state index is 12.5. The number of nitrogens with zero attached hydrogens (tertiary/aromatic N) is 1. The van der Waals surface area contributed by atoms with Gasteiger partial charge in [0.1, 0.15) is 11.1 Å². The summed E-state index contributed by atoms with van der Waals surface area (Å²) < 4.78 is 11.3. The van der Waals surface area contributed by atoms with Gasteiger partial charge in [0, 0.05) is 11.0 Å². The number of hydrogen-bond donors (Lipinski definition) is 1. The molecule has 164 valence electrons. The Labute approximate surface area is 188 Å². The minimum absolute atomic E-state index is 0.245. The first-order chi connectivity index (χ1) is 15.2. The number of carbonyl (C=O) groups is 1. The molecule has 1 amide bonds. The first kappa shape index (κ1) is 22.9. The maximum Gasteiger partial charge on any atom is 0.249 e. The minimum Gasteiger partial charge on any atom is -0.493 e. The molecule has 1 N–H and O–H groups in total. The van der Waals surface area contributed by atoms with Crippen molar-refractivity contribution >= 4 is 28.3 Å². The highest BCUT2D eigenvalue weighted by atomic mass is 32.1. The molecular weight excluding hydrogens is 408 g/mol. The number of nitriles is 1. The van der Waals surface area contributed by atoms with Gasteiger partial charge in [-0.15, -0.1) is 11.3 Å². The van der Waals surface area contributed by atoms with Crippen LogP contribution in [0.25, 0.3) is 6.08 Å². The highest BCUT2D eigenvalue weighted by Gasteiger charge is 2.21. The summed E-state index contributed by atoms with van der Waals surface area (Å²) in [6.45, 7) is 2.85. The predicted molar refractivity (Wildman–Crippen MR) is 126 cm³/mol. The lowest BCUT2D eigenvalue weighted by atomic mass is 9.96. The number of unbranched alkanes of at least 4 members (excludes halogenated alkanes) is 3. The van der Waals surface area contributed by atoms with E-state index in [2.05, 4.69) is 18.3 Å². The number of carbonyl (C=O) groups excluding carboxylic acids is 1. The van der Waals surface area contributed by atoms with Crippen molar-refractivity contribution in [2.24, 2.45) is 0 Å². The molecule has 1 aromatic heterocycles. The lowest BCUT2D eigenvalue weighted by molar-refractivity contribution is -0.111. The molecule has 2 aromatic rings. The molecule has 0 saturated carbocycles. The van der Waals surface area contributed by atoms with Crippen LogP contribution in [0.3, 0.4) is 0 Å². The number of ether oxygens (including phenoxy) is 2. The molecule has 0 bridgehead atoms. The van der Waals surface area contributed by atoms with Gasteiger partial charge in [0.25, 0.3) is 0 Å². The van der Waals surface area contributed by atoms with Crippen LogP contribution in [0.2, 0.25) is 0 Å². The van der Waals surface area contributed by atoms with Gasteiger partial charge in [-0.25, -0.2) is 0 Å². The third-order valence-electron chi connectivity index (χ3n) is 5.39. The summed E-state index contributed by atoms with van der Waals surface area (Å²) in [5.74, 6) is 1.12. The second-order valence-corrected chi connectivity index (χ2v) is 8.77. The van der Waals surface area contributed by atoms with Gasteiger partial charge in [-0.2, -0.15) is 5.26 Å². The topological polar surface area (TPSA) is 71.3 Å². The Hall–Kier alpha value is -2.78. The summed E-state index contributed by atoms with van der Waals surface area (Å²) >= 11 is 1.53. The molecule has 1 aromatic carbocycles.